The minimum atomic E-state index is 0. The monoisotopic (exact) mass is 844 g/mol. The number of fused-ring (bicyclic) bond motifs is 4. The Bertz CT molecular complexity index is 2520. The first-order valence-electron chi connectivity index (χ1n) is 17.1. The van der Waals surface area contributed by atoms with Gasteiger partial charge >= 0.3 is 0 Å². The van der Waals surface area contributed by atoms with Crippen LogP contribution in [0.15, 0.2) is 108 Å². The molecule has 0 atom stereocenters. The van der Waals surface area contributed by atoms with E-state index in [1.165, 1.54) is 38.6 Å². The van der Waals surface area contributed by atoms with Crippen molar-refractivity contribution in [2.24, 2.45) is 0 Å². The average molecular weight is 844 g/mol. The van der Waals surface area contributed by atoms with Crippen molar-refractivity contribution in [3.05, 3.63) is 149 Å². The van der Waals surface area contributed by atoms with E-state index < -0.39 is 0 Å². The van der Waals surface area contributed by atoms with Gasteiger partial charge in [0.25, 0.3) is 0 Å². The van der Waals surface area contributed by atoms with Gasteiger partial charge in [-0.1, -0.05) is 86.7 Å². The molecular formula is C46H41IrN3O-2. The summed E-state index contributed by atoms with van der Waals surface area (Å²) in [5.74, 6) is 0. The predicted octanol–water partition coefficient (Wildman–Crippen LogP) is 12.0. The summed E-state index contributed by atoms with van der Waals surface area (Å²) < 4.78 is 6.21. The maximum absolute atomic E-state index is 6.21. The third-order valence-corrected chi connectivity index (χ3v) is 9.43. The number of hydrogen-bond donors (Lipinski definition) is 0. The molecule has 0 amide bonds. The zero-order chi connectivity index (χ0) is 35.2. The predicted molar refractivity (Wildman–Crippen MR) is 207 cm³/mol. The van der Waals surface area contributed by atoms with E-state index in [2.05, 4.69) is 137 Å². The van der Waals surface area contributed by atoms with Crippen LogP contribution in [0.5, 0.6) is 0 Å². The molecule has 4 nitrogen and oxygen atoms in total. The summed E-state index contributed by atoms with van der Waals surface area (Å²) in [6, 6.07) is 38.5. The molecule has 0 aliphatic heterocycles. The molecule has 0 fully saturated rings. The van der Waals surface area contributed by atoms with Crippen LogP contribution in [0.3, 0.4) is 0 Å². The molecule has 5 heteroatoms. The largest absolute Gasteiger partial charge is 0.486 e. The fraction of sp³-hybridized carbons (Fsp3) is 0.196. The van der Waals surface area contributed by atoms with Gasteiger partial charge in [-0.05, 0) is 101 Å². The molecule has 0 bridgehead atoms. The van der Waals surface area contributed by atoms with Gasteiger partial charge in [-0.2, -0.15) is 0 Å². The molecule has 4 heterocycles. The van der Waals surface area contributed by atoms with Crippen LogP contribution < -0.4 is 0 Å². The molecule has 4 aromatic carbocycles. The summed E-state index contributed by atoms with van der Waals surface area (Å²) in [5, 5.41) is 4.54. The van der Waals surface area contributed by atoms with Crippen molar-refractivity contribution in [1.82, 2.24) is 15.0 Å². The van der Waals surface area contributed by atoms with E-state index in [0.717, 1.165) is 55.7 Å². The van der Waals surface area contributed by atoms with E-state index in [0.29, 0.717) is 5.71 Å². The van der Waals surface area contributed by atoms with Crippen molar-refractivity contribution >= 4 is 32.8 Å². The van der Waals surface area contributed by atoms with Gasteiger partial charge in [-0.15, -0.1) is 53.6 Å². The minimum absolute atomic E-state index is 0. The molecule has 0 aliphatic carbocycles. The summed E-state index contributed by atoms with van der Waals surface area (Å²) in [6.07, 6.45) is 3.85. The summed E-state index contributed by atoms with van der Waals surface area (Å²) in [5.41, 5.74) is 14.8. The number of hydrogen-bond acceptors (Lipinski definition) is 4. The van der Waals surface area contributed by atoms with Gasteiger partial charge in [0, 0.05) is 43.6 Å². The maximum Gasteiger partial charge on any atom is 0.216 e. The van der Waals surface area contributed by atoms with Gasteiger partial charge in [-0.3, -0.25) is 0 Å². The molecule has 257 valence electrons. The summed E-state index contributed by atoms with van der Waals surface area (Å²) in [6.45, 7) is 17.1. The van der Waals surface area contributed by atoms with Crippen LogP contribution in [-0.4, -0.2) is 15.0 Å². The Morgan fingerprint density at radius 2 is 1.39 bits per heavy atom. The molecule has 0 saturated heterocycles. The third-order valence-electron chi connectivity index (χ3n) is 9.43. The van der Waals surface area contributed by atoms with Crippen LogP contribution in [0.25, 0.3) is 66.5 Å². The first-order chi connectivity index (χ1) is 23.9. The molecule has 8 aromatic rings. The van der Waals surface area contributed by atoms with Gasteiger partial charge in [0.2, 0.25) is 5.71 Å². The van der Waals surface area contributed by atoms with E-state index in [1.807, 2.05) is 43.6 Å². The van der Waals surface area contributed by atoms with Crippen LogP contribution >= 0.6 is 0 Å². The van der Waals surface area contributed by atoms with Crippen molar-refractivity contribution in [1.29, 1.82) is 0 Å². The number of nitrogens with zero attached hydrogens (tertiary/aromatic N) is 3. The number of benzene rings is 4. The number of rotatable bonds is 3. The number of pyridine rings is 3. The summed E-state index contributed by atoms with van der Waals surface area (Å²) in [7, 11) is 0. The average Bonchev–Trinajstić information content (AvgIpc) is 3.47. The molecule has 0 aliphatic rings. The molecule has 0 saturated carbocycles. The van der Waals surface area contributed by atoms with Gasteiger partial charge in [0.1, 0.15) is 0 Å². The Hall–Kier alpha value is -4.96. The van der Waals surface area contributed by atoms with Gasteiger partial charge in [-0.25, -0.2) is 4.98 Å². The van der Waals surface area contributed by atoms with Crippen molar-refractivity contribution in [2.45, 2.75) is 60.8 Å². The SMILES string of the molecule is Cc1c[c-]c(-c2cc(C)c(C)cn2)cc1.Cc1ccc2c(n1)oc1c(-c3cc(-c4ccc5cc(C(C)(C)C)ccc5c4)c(C)cn3)[c-]ccc12.[Ir]. The topological polar surface area (TPSA) is 51.8 Å². The Labute approximate surface area is 314 Å². The van der Waals surface area contributed by atoms with Gasteiger partial charge < -0.3 is 14.4 Å². The quantitative estimate of drug-likeness (QED) is 0.166. The first-order valence-corrected chi connectivity index (χ1v) is 17.1. The third kappa shape index (κ3) is 7.42. The molecule has 8 rings (SSSR count). The van der Waals surface area contributed by atoms with Gasteiger partial charge in [0.05, 0.1) is 5.58 Å². The smallest absolute Gasteiger partial charge is 0.216 e. The van der Waals surface area contributed by atoms with E-state index in [9.17, 15) is 0 Å². The summed E-state index contributed by atoms with van der Waals surface area (Å²) >= 11 is 0. The Morgan fingerprint density at radius 1 is 0.647 bits per heavy atom. The normalized spacial score (nSPS) is 11.4. The van der Waals surface area contributed by atoms with Crippen molar-refractivity contribution < 1.29 is 24.5 Å². The second kappa shape index (κ2) is 14.3. The van der Waals surface area contributed by atoms with Crippen molar-refractivity contribution in [3.8, 4) is 33.6 Å². The fourth-order valence-corrected chi connectivity index (χ4v) is 6.19. The molecule has 4 aromatic heterocycles. The zero-order valence-electron chi connectivity index (χ0n) is 30.4. The summed E-state index contributed by atoms with van der Waals surface area (Å²) in [4.78, 5) is 13.7. The van der Waals surface area contributed by atoms with E-state index >= 15 is 0 Å². The van der Waals surface area contributed by atoms with Crippen molar-refractivity contribution in [3.63, 3.8) is 0 Å². The minimum Gasteiger partial charge on any atom is -0.486 e. The van der Waals surface area contributed by atoms with E-state index in [4.69, 9.17) is 9.40 Å². The van der Waals surface area contributed by atoms with E-state index in [-0.39, 0.29) is 25.5 Å². The second-order valence-electron chi connectivity index (χ2n) is 14.3. The fourth-order valence-electron chi connectivity index (χ4n) is 6.19. The Balaban J connectivity index is 0.000000236. The van der Waals surface area contributed by atoms with Gasteiger partial charge in [0.15, 0.2) is 0 Å². The maximum atomic E-state index is 6.21. The Morgan fingerprint density at radius 3 is 2.14 bits per heavy atom. The molecule has 51 heavy (non-hydrogen) atoms. The molecule has 0 spiro atoms. The van der Waals surface area contributed by atoms with Crippen LogP contribution in [0.4, 0.5) is 0 Å². The zero-order valence-corrected chi connectivity index (χ0v) is 32.8. The van der Waals surface area contributed by atoms with Crippen molar-refractivity contribution in [2.75, 3.05) is 0 Å². The molecule has 0 N–H and O–H groups in total. The molecule has 0 unspecified atom stereocenters. The molecule has 1 radical (unpaired) electrons. The standard InChI is InChI=1S/C32H27N2O.C14H14N.Ir/c1-19-18-33-29(27-8-6-7-25-26-14-9-20(2)34-31(26)35-30(25)27)17-28(19)23-11-10-22-16-24(32(3,4)5)13-12-21(22)15-23;1-10-4-6-13(7-5-10)14-8-11(2)12(3)9-15-14;/h6-7,9-18H,1-5H3;4-6,8-9H,1-3H3;/q2*-1;. The Kier molecular flexibility index (Phi) is 10.1. The number of aromatic nitrogens is 3. The van der Waals surface area contributed by atoms with E-state index in [1.54, 1.807) is 0 Å². The first kappa shape index (κ1) is 35.9. The van der Waals surface area contributed by atoms with Crippen LogP contribution in [0.1, 0.15) is 54.3 Å². The van der Waals surface area contributed by atoms with Crippen LogP contribution in [0, 0.1) is 46.8 Å². The molecular weight excluding hydrogens is 803 g/mol. The second-order valence-corrected chi connectivity index (χ2v) is 14.3. The number of furan rings is 1. The van der Waals surface area contributed by atoms with Crippen LogP contribution in [-0.2, 0) is 25.5 Å². The van der Waals surface area contributed by atoms with Crippen LogP contribution in [0.2, 0.25) is 0 Å². The number of aryl methyl sites for hydroxylation is 5.